The van der Waals surface area contributed by atoms with Gasteiger partial charge < -0.3 is 10.6 Å². The van der Waals surface area contributed by atoms with Crippen molar-refractivity contribution < 1.29 is 9.59 Å². The second-order valence-electron chi connectivity index (χ2n) is 8.81. The van der Waals surface area contributed by atoms with Crippen molar-refractivity contribution in [2.45, 2.75) is 27.2 Å². The van der Waals surface area contributed by atoms with Crippen LogP contribution in [0.5, 0.6) is 0 Å². The van der Waals surface area contributed by atoms with Crippen molar-refractivity contribution in [3.05, 3.63) is 113 Å². The fourth-order valence-electron chi connectivity index (χ4n) is 3.74. The highest BCUT2D eigenvalue weighted by Gasteiger charge is 2.16. The maximum absolute atomic E-state index is 12.6. The van der Waals surface area contributed by atoms with Gasteiger partial charge in [-0.15, -0.1) is 0 Å². The van der Waals surface area contributed by atoms with Crippen LogP contribution < -0.4 is 10.6 Å². The predicted molar refractivity (Wildman–Crippen MR) is 139 cm³/mol. The first-order valence-electron chi connectivity index (χ1n) is 11.6. The molecule has 35 heavy (non-hydrogen) atoms. The molecule has 2 amide bonds. The highest BCUT2D eigenvalue weighted by Crippen LogP contribution is 2.24. The van der Waals surface area contributed by atoms with Crippen LogP contribution in [-0.2, 0) is 0 Å². The Morgan fingerprint density at radius 3 is 1.74 bits per heavy atom. The molecule has 0 radical (unpaired) electrons. The van der Waals surface area contributed by atoms with E-state index in [1.807, 2.05) is 43.3 Å². The van der Waals surface area contributed by atoms with E-state index in [9.17, 15) is 9.59 Å². The van der Waals surface area contributed by atoms with Crippen LogP contribution in [0.4, 0.5) is 17.1 Å². The zero-order valence-corrected chi connectivity index (χ0v) is 20.1. The molecule has 3 aromatic rings. The van der Waals surface area contributed by atoms with E-state index in [1.54, 1.807) is 48.5 Å². The number of carbonyl (C=O) groups is 2. The number of anilines is 1. The molecule has 1 aliphatic carbocycles. The van der Waals surface area contributed by atoms with Gasteiger partial charge in [0.05, 0.1) is 11.4 Å². The number of hydrogen-bond donors (Lipinski definition) is 2. The van der Waals surface area contributed by atoms with Crippen molar-refractivity contribution in [2.75, 3.05) is 5.32 Å². The summed E-state index contributed by atoms with van der Waals surface area (Å²) >= 11 is 0. The minimum absolute atomic E-state index is 0.140. The van der Waals surface area contributed by atoms with E-state index in [2.05, 4.69) is 34.7 Å². The SMILES string of the molecule is CC1=CC=C(NC(=O)c2ccc(N=Nc3ccc(C(=O)Nc4ccc(C)cc4)cc3)cc2)C(C)C1. The third-order valence-corrected chi connectivity index (χ3v) is 5.81. The summed E-state index contributed by atoms with van der Waals surface area (Å²) in [6, 6.07) is 21.5. The Hall–Kier alpha value is -4.32. The molecular weight excluding hydrogens is 436 g/mol. The zero-order valence-electron chi connectivity index (χ0n) is 20.1. The van der Waals surface area contributed by atoms with E-state index >= 15 is 0 Å². The summed E-state index contributed by atoms with van der Waals surface area (Å²) in [7, 11) is 0. The Morgan fingerprint density at radius 1 is 0.714 bits per heavy atom. The van der Waals surface area contributed by atoms with Gasteiger partial charge in [-0.25, -0.2) is 0 Å². The van der Waals surface area contributed by atoms with Gasteiger partial charge in [0, 0.05) is 22.5 Å². The average molecular weight is 465 g/mol. The number of nitrogens with one attached hydrogen (secondary N) is 2. The molecule has 0 heterocycles. The van der Waals surface area contributed by atoms with E-state index in [4.69, 9.17) is 0 Å². The molecule has 0 bridgehead atoms. The first kappa shape index (κ1) is 23.8. The van der Waals surface area contributed by atoms with E-state index in [1.165, 1.54) is 5.57 Å². The summed E-state index contributed by atoms with van der Waals surface area (Å²) in [6.45, 7) is 6.20. The number of rotatable bonds is 6. The van der Waals surface area contributed by atoms with E-state index in [0.29, 0.717) is 22.5 Å². The number of allylic oxidation sites excluding steroid dienone is 4. The topological polar surface area (TPSA) is 82.9 Å². The number of nitrogens with zero attached hydrogens (tertiary/aromatic N) is 2. The minimum Gasteiger partial charge on any atom is -0.325 e. The Bertz CT molecular complexity index is 1300. The van der Waals surface area contributed by atoms with Crippen molar-refractivity contribution in [2.24, 2.45) is 16.1 Å². The Kier molecular flexibility index (Phi) is 7.31. The summed E-state index contributed by atoms with van der Waals surface area (Å²) in [5, 5.41) is 14.4. The lowest BCUT2D eigenvalue weighted by molar-refractivity contribution is 0.0960. The van der Waals surface area contributed by atoms with Crippen LogP contribution >= 0.6 is 0 Å². The summed E-state index contributed by atoms with van der Waals surface area (Å²) in [6.07, 6.45) is 4.97. The summed E-state index contributed by atoms with van der Waals surface area (Å²) < 4.78 is 0. The van der Waals surface area contributed by atoms with Crippen molar-refractivity contribution in [1.29, 1.82) is 0 Å². The Morgan fingerprint density at radius 2 is 1.23 bits per heavy atom. The van der Waals surface area contributed by atoms with Crippen molar-refractivity contribution in [3.63, 3.8) is 0 Å². The molecule has 176 valence electrons. The maximum Gasteiger partial charge on any atom is 0.255 e. The Labute approximate surface area is 205 Å². The number of benzene rings is 3. The molecule has 0 aliphatic heterocycles. The number of azo groups is 1. The molecule has 3 aromatic carbocycles. The molecule has 0 aromatic heterocycles. The number of aryl methyl sites for hydroxylation is 1. The second kappa shape index (κ2) is 10.7. The highest BCUT2D eigenvalue weighted by atomic mass is 16.2. The lowest BCUT2D eigenvalue weighted by Crippen LogP contribution is -2.27. The quantitative estimate of drug-likeness (QED) is 0.376. The van der Waals surface area contributed by atoms with Gasteiger partial charge in [0.1, 0.15) is 0 Å². The molecular formula is C29H28N4O2. The molecule has 1 unspecified atom stereocenters. The van der Waals surface area contributed by atoms with Crippen molar-refractivity contribution >= 4 is 28.9 Å². The third-order valence-electron chi connectivity index (χ3n) is 5.81. The molecule has 0 saturated carbocycles. The molecule has 6 nitrogen and oxygen atoms in total. The fourth-order valence-corrected chi connectivity index (χ4v) is 3.74. The van der Waals surface area contributed by atoms with Crippen LogP contribution in [0.15, 0.2) is 106 Å². The Balaban J connectivity index is 1.34. The predicted octanol–water partition coefficient (Wildman–Crippen LogP) is 7.26. The van der Waals surface area contributed by atoms with Gasteiger partial charge >= 0.3 is 0 Å². The van der Waals surface area contributed by atoms with Crippen LogP contribution in [0.1, 0.15) is 46.5 Å². The normalized spacial score (nSPS) is 15.3. The van der Waals surface area contributed by atoms with Crippen molar-refractivity contribution in [3.8, 4) is 0 Å². The molecule has 1 aliphatic rings. The lowest BCUT2D eigenvalue weighted by atomic mass is 9.93. The van der Waals surface area contributed by atoms with Crippen LogP contribution in [0.3, 0.4) is 0 Å². The smallest absolute Gasteiger partial charge is 0.255 e. The molecule has 4 rings (SSSR count). The van der Waals surface area contributed by atoms with E-state index in [-0.39, 0.29) is 17.7 Å². The van der Waals surface area contributed by atoms with Gasteiger partial charge in [-0.1, -0.05) is 36.3 Å². The van der Waals surface area contributed by atoms with Crippen LogP contribution in [0.2, 0.25) is 0 Å². The van der Waals surface area contributed by atoms with Crippen LogP contribution in [0.25, 0.3) is 0 Å². The number of amides is 2. The van der Waals surface area contributed by atoms with E-state index < -0.39 is 0 Å². The summed E-state index contributed by atoms with van der Waals surface area (Å²) in [5.74, 6) is -0.0353. The molecule has 0 fully saturated rings. The summed E-state index contributed by atoms with van der Waals surface area (Å²) in [5.41, 5.74) is 6.48. The molecule has 6 heteroatoms. The van der Waals surface area contributed by atoms with Crippen molar-refractivity contribution in [1.82, 2.24) is 5.32 Å². The summed E-state index contributed by atoms with van der Waals surface area (Å²) in [4.78, 5) is 25.0. The van der Waals surface area contributed by atoms with Gasteiger partial charge in [-0.3, -0.25) is 9.59 Å². The largest absolute Gasteiger partial charge is 0.325 e. The minimum atomic E-state index is -0.184. The van der Waals surface area contributed by atoms with E-state index in [0.717, 1.165) is 23.4 Å². The standard InChI is InChI=1S/C29H28N4O2/c1-19-4-11-24(12-5-19)30-28(34)22-7-13-25(14-8-22)32-33-26-15-9-23(10-16-26)29(35)31-27-17-6-20(2)18-21(27)3/h4-17,21H,18H2,1-3H3,(H,30,34)(H,31,35). The molecule has 2 N–H and O–H groups in total. The van der Waals surface area contributed by atoms with Crippen LogP contribution in [0, 0.1) is 12.8 Å². The zero-order chi connectivity index (χ0) is 24.8. The third kappa shape index (κ3) is 6.38. The highest BCUT2D eigenvalue weighted by molar-refractivity contribution is 6.04. The molecule has 1 atom stereocenters. The number of hydrogen-bond acceptors (Lipinski definition) is 4. The fraction of sp³-hybridized carbons (Fsp3) is 0.172. The first-order valence-corrected chi connectivity index (χ1v) is 11.6. The van der Waals surface area contributed by atoms with Gasteiger partial charge in [0.15, 0.2) is 0 Å². The maximum atomic E-state index is 12.6. The van der Waals surface area contributed by atoms with Gasteiger partial charge in [-0.2, -0.15) is 10.2 Å². The van der Waals surface area contributed by atoms with Gasteiger partial charge in [0.2, 0.25) is 0 Å². The molecule has 0 saturated heterocycles. The molecule has 0 spiro atoms. The average Bonchev–Trinajstić information content (AvgIpc) is 2.86. The van der Waals surface area contributed by atoms with Gasteiger partial charge in [0.25, 0.3) is 11.8 Å². The van der Waals surface area contributed by atoms with Crippen LogP contribution in [-0.4, -0.2) is 11.8 Å². The monoisotopic (exact) mass is 464 g/mol. The van der Waals surface area contributed by atoms with Gasteiger partial charge in [-0.05, 0) is 92.9 Å². The second-order valence-corrected chi connectivity index (χ2v) is 8.81. The number of carbonyl (C=O) groups excluding carboxylic acids is 2. The first-order chi connectivity index (χ1) is 16.9. The lowest BCUT2D eigenvalue weighted by Gasteiger charge is -2.20.